The van der Waals surface area contributed by atoms with Crippen molar-refractivity contribution in [2.24, 2.45) is 5.92 Å². The number of nitrogens with zero attached hydrogens (tertiary/aromatic N) is 2. The molecule has 0 aromatic heterocycles. The lowest BCUT2D eigenvalue weighted by atomic mass is 9.98. The molecule has 0 spiro atoms. The third-order valence-corrected chi connectivity index (χ3v) is 12.9. The number of allylic oxidation sites excluding steroid dienone is 2. The van der Waals surface area contributed by atoms with Crippen LogP contribution in [0.1, 0.15) is 142 Å². The lowest BCUT2D eigenvalue weighted by Crippen LogP contribution is -2.62. The molecule has 4 amide bonds. The first-order valence-corrected chi connectivity index (χ1v) is 26.7. The average Bonchev–Trinajstić information content (AvgIpc) is 3.37. The quantitative estimate of drug-likeness (QED) is 0.0237. The summed E-state index contributed by atoms with van der Waals surface area (Å²) in [5.74, 6) is -2.58. The number of amides is 4. The van der Waals surface area contributed by atoms with E-state index in [1.165, 1.54) is 57.6 Å². The summed E-state index contributed by atoms with van der Waals surface area (Å²) in [5, 5.41) is 87.8. The maximum absolute atomic E-state index is 13.9. The van der Waals surface area contributed by atoms with Gasteiger partial charge in [-0.05, 0) is 44.9 Å². The summed E-state index contributed by atoms with van der Waals surface area (Å²) in [6.45, 7) is 6.86. The van der Waals surface area contributed by atoms with Crippen LogP contribution in [0.25, 0.3) is 0 Å². The van der Waals surface area contributed by atoms with E-state index in [2.05, 4.69) is 43.2 Å². The topological polar surface area (TPSA) is 298 Å². The molecule has 20 nitrogen and oxygen atoms in total. The second kappa shape index (κ2) is 41.2. The third-order valence-electron chi connectivity index (χ3n) is 12.9. The van der Waals surface area contributed by atoms with Crippen LogP contribution in [0.2, 0.25) is 0 Å². The molecule has 0 aliphatic carbocycles. The molecule has 1 fully saturated rings. The number of hydrogen-bond acceptors (Lipinski definition) is 16. The minimum atomic E-state index is -2.30. The molecule has 1 rings (SSSR count). The van der Waals surface area contributed by atoms with Gasteiger partial charge in [-0.3, -0.25) is 19.2 Å². The monoisotopic (exact) mass is 1030 g/mol. The van der Waals surface area contributed by atoms with Gasteiger partial charge in [-0.15, -0.1) is 0 Å². The molecule has 0 radical (unpaired) electrons. The normalized spacial score (nSPS) is 19.8. The number of unbranched alkanes of at least 4 members (excludes halogenated alkanes) is 15. The van der Waals surface area contributed by atoms with Crippen molar-refractivity contribution in [3.05, 3.63) is 24.3 Å². The first kappa shape index (κ1) is 66.9. The molecule has 0 saturated carbocycles. The second-order valence-corrected chi connectivity index (χ2v) is 18.9. The van der Waals surface area contributed by atoms with E-state index in [1.807, 2.05) is 0 Å². The minimum Gasteiger partial charge on any atom is -0.394 e. The van der Waals surface area contributed by atoms with Gasteiger partial charge in [0.25, 0.3) is 5.91 Å². The zero-order valence-corrected chi connectivity index (χ0v) is 44.1. The number of aliphatic hydroxyl groups excluding tert-OH is 8. The Morgan fingerprint density at radius 3 is 1.69 bits per heavy atom. The van der Waals surface area contributed by atoms with E-state index in [1.54, 1.807) is 4.90 Å². The van der Waals surface area contributed by atoms with Crippen molar-refractivity contribution >= 4 is 23.6 Å². The Kier molecular flexibility index (Phi) is 38.2. The zero-order valence-electron chi connectivity index (χ0n) is 44.1. The molecular formula is C52H96N4O16. The molecule has 1 aliphatic heterocycles. The summed E-state index contributed by atoms with van der Waals surface area (Å²) < 4.78 is 21.1. The molecule has 0 aromatic rings. The molecule has 0 bridgehead atoms. The van der Waals surface area contributed by atoms with Crippen LogP contribution in [0.4, 0.5) is 0 Å². The Hall–Kier alpha value is -3.12. The molecule has 20 heteroatoms. The Morgan fingerprint density at radius 2 is 1.15 bits per heavy atom. The van der Waals surface area contributed by atoms with Crippen LogP contribution in [0, 0.1) is 5.92 Å². The van der Waals surface area contributed by atoms with Crippen molar-refractivity contribution in [1.82, 2.24) is 20.4 Å². The van der Waals surface area contributed by atoms with E-state index in [9.17, 15) is 60.0 Å². The van der Waals surface area contributed by atoms with Crippen molar-refractivity contribution in [3.8, 4) is 0 Å². The van der Waals surface area contributed by atoms with Crippen LogP contribution in [-0.4, -0.2) is 209 Å². The fraction of sp³-hybridized carbons (Fsp3) is 0.846. The Balaban J connectivity index is 3.13. The van der Waals surface area contributed by atoms with E-state index in [0.717, 1.165) is 70.6 Å². The van der Waals surface area contributed by atoms with Crippen molar-refractivity contribution in [2.75, 3.05) is 79.9 Å². The van der Waals surface area contributed by atoms with E-state index in [4.69, 9.17) is 18.9 Å². The Labute approximate surface area is 429 Å². The number of carbonyl (C=O) groups excluding carboxylic acids is 4. The molecular weight excluding hydrogens is 937 g/mol. The van der Waals surface area contributed by atoms with Crippen LogP contribution in [0.3, 0.4) is 0 Å². The summed E-state index contributed by atoms with van der Waals surface area (Å²) in [6, 6.07) is 0. The molecule has 9 atom stereocenters. The molecule has 1 aliphatic rings. The van der Waals surface area contributed by atoms with Gasteiger partial charge in [0.15, 0.2) is 12.4 Å². The molecule has 6 unspecified atom stereocenters. The van der Waals surface area contributed by atoms with Crippen molar-refractivity contribution in [1.29, 1.82) is 0 Å². The second-order valence-electron chi connectivity index (χ2n) is 18.9. The van der Waals surface area contributed by atoms with E-state index < -0.39 is 80.2 Å². The molecule has 0 aromatic carbocycles. The van der Waals surface area contributed by atoms with Crippen molar-refractivity contribution < 1.29 is 79.0 Å². The van der Waals surface area contributed by atoms with Crippen molar-refractivity contribution in [2.45, 2.75) is 197 Å². The first-order chi connectivity index (χ1) is 34.6. The van der Waals surface area contributed by atoms with Gasteiger partial charge in [0.2, 0.25) is 17.7 Å². The van der Waals surface area contributed by atoms with Gasteiger partial charge in [-0.25, -0.2) is 0 Å². The predicted octanol–water partition coefficient (Wildman–Crippen LogP) is 2.00. The summed E-state index contributed by atoms with van der Waals surface area (Å²) >= 11 is 0. The molecule has 10 N–H and O–H groups in total. The van der Waals surface area contributed by atoms with E-state index >= 15 is 0 Å². The maximum Gasteiger partial charge on any atom is 0.251 e. The largest absolute Gasteiger partial charge is 0.394 e. The highest BCUT2D eigenvalue weighted by atomic mass is 16.7. The lowest BCUT2D eigenvalue weighted by molar-refractivity contribution is -0.326. The van der Waals surface area contributed by atoms with Crippen LogP contribution in [0.15, 0.2) is 24.3 Å². The number of ether oxygens (including phenoxy) is 4. The molecule has 72 heavy (non-hydrogen) atoms. The van der Waals surface area contributed by atoms with Crippen LogP contribution < -0.4 is 10.6 Å². The molecule has 420 valence electrons. The SMILES string of the molecule is C=C(CCCCCCC)C(=O)N(CCNC(=O)C(COC)COC)CCN(CCNC(=O)C(O)C(O)C(O[C@@H]1OC(CO)[C@H](O)[C@H](O)C1O)C(O)CO)C(=O)CCCCCCC/C=C/CCCCCCCC. The highest BCUT2D eigenvalue weighted by molar-refractivity contribution is 5.93. The third kappa shape index (κ3) is 26.9. The fourth-order valence-electron chi connectivity index (χ4n) is 8.35. The smallest absolute Gasteiger partial charge is 0.251 e. The van der Waals surface area contributed by atoms with Gasteiger partial charge in [0.05, 0.1) is 32.3 Å². The van der Waals surface area contributed by atoms with Crippen LogP contribution >= 0.6 is 0 Å². The van der Waals surface area contributed by atoms with Gasteiger partial charge in [0.1, 0.15) is 42.7 Å². The summed E-state index contributed by atoms with van der Waals surface area (Å²) in [7, 11) is 2.97. The van der Waals surface area contributed by atoms with Gasteiger partial charge in [-0.1, -0.05) is 110 Å². The highest BCUT2D eigenvalue weighted by Gasteiger charge is 2.47. The number of methoxy groups -OCH3 is 2. The number of rotatable bonds is 44. The van der Waals surface area contributed by atoms with Crippen LogP contribution in [-0.2, 0) is 38.1 Å². The number of hydrogen-bond donors (Lipinski definition) is 10. The van der Waals surface area contributed by atoms with Gasteiger partial charge in [-0.2, -0.15) is 0 Å². The van der Waals surface area contributed by atoms with E-state index in [-0.39, 0.29) is 76.6 Å². The fourth-order valence-corrected chi connectivity index (χ4v) is 8.35. The highest BCUT2D eigenvalue weighted by Crippen LogP contribution is 2.25. The Morgan fingerprint density at radius 1 is 0.653 bits per heavy atom. The summed E-state index contributed by atoms with van der Waals surface area (Å²) in [5.41, 5.74) is 0.403. The lowest BCUT2D eigenvalue weighted by Gasteiger charge is -2.42. The predicted molar refractivity (Wildman–Crippen MR) is 272 cm³/mol. The van der Waals surface area contributed by atoms with Gasteiger partial charge >= 0.3 is 0 Å². The number of aliphatic hydroxyl groups is 8. The summed E-state index contributed by atoms with van der Waals surface area (Å²) in [6.07, 6.45) is 6.98. The maximum atomic E-state index is 13.9. The average molecular weight is 1030 g/mol. The first-order valence-electron chi connectivity index (χ1n) is 26.7. The van der Waals surface area contributed by atoms with Gasteiger partial charge in [0, 0.05) is 65.5 Å². The van der Waals surface area contributed by atoms with E-state index in [0.29, 0.717) is 18.4 Å². The number of nitrogens with one attached hydrogen (secondary N) is 2. The standard InChI is InChI=1S/C52H96N4O16/c1-6-8-10-12-13-14-15-16-17-18-19-20-21-23-25-27-42(60)55(32-33-56(51(68)38(3)26-24-22-11-9-7-2)31-29-53-49(66)39(36-69-4)37-70-5)30-28-54-50(67)46(64)45(63)48(40(59)34-57)72-52-47(65)44(62)43(61)41(35-58)71-52/h16-17,39-41,43-48,52,57-59,61-65H,3,6-15,18-37H2,1-2,4-5H3,(H,53,66)(H,54,67)/b17-16+/t40?,41?,43-,44-,45?,46?,47?,48?,52-/m0/s1. The van der Waals surface area contributed by atoms with Crippen LogP contribution in [0.5, 0.6) is 0 Å². The van der Waals surface area contributed by atoms with Gasteiger partial charge < -0.3 is 80.2 Å². The molecule has 1 heterocycles. The summed E-state index contributed by atoms with van der Waals surface area (Å²) in [4.78, 5) is 57.1. The zero-order chi connectivity index (χ0) is 53.7. The van der Waals surface area contributed by atoms with Crippen molar-refractivity contribution in [3.63, 3.8) is 0 Å². The number of carbonyl (C=O) groups is 4. The minimum absolute atomic E-state index is 0.0438. The Bertz CT molecular complexity index is 1490. The molecule has 1 saturated heterocycles.